The van der Waals surface area contributed by atoms with Gasteiger partial charge in [0.05, 0.1) is 19.6 Å². The van der Waals surface area contributed by atoms with Crippen molar-refractivity contribution in [1.29, 1.82) is 0 Å². The maximum Gasteiger partial charge on any atom is 0.235 e. The second-order valence-electron chi connectivity index (χ2n) is 7.64. The summed E-state index contributed by atoms with van der Waals surface area (Å²) in [5, 5.41) is 1.42. The molecule has 33 heavy (non-hydrogen) atoms. The third kappa shape index (κ3) is 4.52. The van der Waals surface area contributed by atoms with Crippen LogP contribution in [0.3, 0.4) is 0 Å². The average Bonchev–Trinajstić information content (AvgIpc) is 2.79. The lowest BCUT2D eigenvalue weighted by Crippen LogP contribution is -2.11. The van der Waals surface area contributed by atoms with E-state index in [4.69, 9.17) is 41.8 Å². The van der Waals surface area contributed by atoms with Crippen LogP contribution in [0.25, 0.3) is 22.3 Å². The van der Waals surface area contributed by atoms with Gasteiger partial charge >= 0.3 is 0 Å². The zero-order valence-electron chi connectivity index (χ0n) is 18.6. The van der Waals surface area contributed by atoms with E-state index in [1.165, 1.54) is 0 Å². The number of hydrogen-bond acceptors (Lipinski definition) is 5. The van der Waals surface area contributed by atoms with E-state index >= 15 is 0 Å². The summed E-state index contributed by atoms with van der Waals surface area (Å²) in [6.07, 6.45) is 0. The molecule has 0 aliphatic rings. The molecule has 0 amide bonds. The van der Waals surface area contributed by atoms with E-state index in [2.05, 4.69) is 0 Å². The Morgan fingerprint density at radius 3 is 2.36 bits per heavy atom. The normalized spacial score (nSPS) is 11.0. The quantitative estimate of drug-likeness (QED) is 0.295. The molecule has 0 fully saturated rings. The van der Waals surface area contributed by atoms with Crippen molar-refractivity contribution in [3.8, 4) is 28.6 Å². The zero-order chi connectivity index (χ0) is 23.7. The summed E-state index contributed by atoms with van der Waals surface area (Å²) in [6.45, 7) is 3.91. The number of rotatable bonds is 6. The minimum Gasteiger partial charge on any atom is -0.493 e. The van der Waals surface area contributed by atoms with Gasteiger partial charge in [-0.25, -0.2) is 0 Å². The van der Waals surface area contributed by atoms with E-state index in [-0.39, 0.29) is 17.8 Å². The molecular formula is C26H22Cl2O5. The van der Waals surface area contributed by atoms with Crippen LogP contribution in [0.2, 0.25) is 10.0 Å². The Morgan fingerprint density at radius 2 is 1.67 bits per heavy atom. The molecule has 0 bridgehead atoms. The molecular weight excluding hydrogens is 463 g/mol. The van der Waals surface area contributed by atoms with Crippen molar-refractivity contribution in [3.63, 3.8) is 0 Å². The molecule has 0 saturated heterocycles. The third-order valence-corrected chi connectivity index (χ3v) is 5.90. The Morgan fingerprint density at radius 1 is 0.909 bits per heavy atom. The summed E-state index contributed by atoms with van der Waals surface area (Å²) in [4.78, 5) is 13.6. The van der Waals surface area contributed by atoms with Crippen molar-refractivity contribution in [2.45, 2.75) is 20.5 Å². The fourth-order valence-electron chi connectivity index (χ4n) is 3.72. The van der Waals surface area contributed by atoms with Gasteiger partial charge in [0.25, 0.3) is 0 Å². The van der Waals surface area contributed by atoms with Crippen molar-refractivity contribution in [1.82, 2.24) is 0 Å². The molecule has 0 aliphatic heterocycles. The number of benzene rings is 3. The summed E-state index contributed by atoms with van der Waals surface area (Å²) in [5.41, 5.74) is 3.36. The number of halogens is 2. The number of ether oxygens (including phenoxy) is 3. The fraction of sp³-hybridized carbons (Fsp3) is 0.192. The highest BCUT2D eigenvalue weighted by Gasteiger charge is 2.21. The first-order chi connectivity index (χ1) is 15.8. The standard InChI is InChI=1S/C26H22Cl2O5/c1-14-9-15(2)24-19(10-14)23(29)26(32-13-17-5-7-18(27)12-20(17)28)25(33-24)16-6-8-21(30-3)22(11-16)31-4/h5-12H,13H2,1-4H3. The van der Waals surface area contributed by atoms with Gasteiger partial charge in [-0.1, -0.05) is 35.3 Å². The van der Waals surface area contributed by atoms with Gasteiger partial charge in [0.2, 0.25) is 11.2 Å². The van der Waals surface area contributed by atoms with Gasteiger partial charge in [0.15, 0.2) is 17.3 Å². The molecule has 170 valence electrons. The first-order valence-electron chi connectivity index (χ1n) is 10.2. The van der Waals surface area contributed by atoms with E-state index in [1.54, 1.807) is 56.7 Å². The molecule has 4 rings (SSSR count). The summed E-state index contributed by atoms with van der Waals surface area (Å²) in [7, 11) is 3.11. The first kappa shape index (κ1) is 23.0. The molecule has 5 nitrogen and oxygen atoms in total. The lowest BCUT2D eigenvalue weighted by molar-refractivity contribution is 0.298. The molecule has 0 atom stereocenters. The molecule has 0 aliphatic carbocycles. The Kier molecular flexibility index (Phi) is 6.54. The summed E-state index contributed by atoms with van der Waals surface area (Å²) in [6, 6.07) is 14.2. The van der Waals surface area contributed by atoms with Crippen LogP contribution < -0.4 is 19.6 Å². The van der Waals surface area contributed by atoms with Crippen molar-refractivity contribution < 1.29 is 18.6 Å². The zero-order valence-corrected chi connectivity index (χ0v) is 20.1. The van der Waals surface area contributed by atoms with E-state index in [1.807, 2.05) is 19.9 Å². The van der Waals surface area contributed by atoms with Gasteiger partial charge in [0.1, 0.15) is 12.2 Å². The molecule has 1 aromatic heterocycles. The van der Waals surface area contributed by atoms with E-state index < -0.39 is 0 Å². The topological polar surface area (TPSA) is 57.9 Å². The van der Waals surface area contributed by atoms with Crippen molar-refractivity contribution in [2.75, 3.05) is 14.2 Å². The molecule has 0 saturated carbocycles. The molecule has 0 spiro atoms. The minimum atomic E-state index is -0.266. The smallest absolute Gasteiger partial charge is 0.235 e. The van der Waals surface area contributed by atoms with Crippen molar-refractivity contribution >= 4 is 34.2 Å². The van der Waals surface area contributed by atoms with Gasteiger partial charge in [-0.3, -0.25) is 4.79 Å². The molecule has 4 aromatic rings. The Labute approximate surface area is 201 Å². The van der Waals surface area contributed by atoms with E-state index in [9.17, 15) is 4.79 Å². The van der Waals surface area contributed by atoms with Crippen LogP contribution in [0.1, 0.15) is 16.7 Å². The lowest BCUT2D eigenvalue weighted by atomic mass is 10.0. The van der Waals surface area contributed by atoms with Crippen molar-refractivity contribution in [3.05, 3.63) is 85.5 Å². The number of aryl methyl sites for hydroxylation is 2. The highest BCUT2D eigenvalue weighted by Crippen LogP contribution is 2.38. The fourth-order valence-corrected chi connectivity index (χ4v) is 4.18. The summed E-state index contributed by atoms with van der Waals surface area (Å²) < 4.78 is 23.1. The average molecular weight is 485 g/mol. The Hall–Kier alpha value is -3.15. The second-order valence-corrected chi connectivity index (χ2v) is 8.49. The van der Waals surface area contributed by atoms with E-state index in [0.717, 1.165) is 11.1 Å². The lowest BCUT2D eigenvalue weighted by Gasteiger charge is -2.15. The summed E-state index contributed by atoms with van der Waals surface area (Å²) >= 11 is 12.3. The Bertz CT molecular complexity index is 1410. The molecule has 0 N–H and O–H groups in total. The Balaban J connectivity index is 1.91. The first-order valence-corrected chi connectivity index (χ1v) is 10.9. The van der Waals surface area contributed by atoms with Crippen molar-refractivity contribution in [2.24, 2.45) is 0 Å². The molecule has 1 heterocycles. The summed E-state index contributed by atoms with van der Waals surface area (Å²) in [5.74, 6) is 1.45. The van der Waals surface area contributed by atoms with E-state index in [0.29, 0.717) is 49.4 Å². The predicted octanol–water partition coefficient (Wildman–Crippen LogP) is 6.98. The minimum absolute atomic E-state index is 0.0668. The number of methoxy groups -OCH3 is 2. The van der Waals surface area contributed by atoms with Crippen LogP contribution in [-0.4, -0.2) is 14.2 Å². The highest BCUT2D eigenvalue weighted by molar-refractivity contribution is 6.35. The van der Waals surface area contributed by atoms with Gasteiger partial charge in [-0.15, -0.1) is 0 Å². The predicted molar refractivity (Wildman–Crippen MR) is 131 cm³/mol. The van der Waals surface area contributed by atoms with Crippen LogP contribution in [0.4, 0.5) is 0 Å². The van der Waals surface area contributed by atoms with Gasteiger partial charge in [-0.2, -0.15) is 0 Å². The second kappa shape index (κ2) is 9.38. The monoisotopic (exact) mass is 484 g/mol. The SMILES string of the molecule is COc1ccc(-c2oc3c(C)cc(C)cc3c(=O)c2OCc2ccc(Cl)cc2Cl)cc1OC. The van der Waals surface area contributed by atoms with Gasteiger partial charge in [-0.05, 0) is 61.4 Å². The van der Waals surface area contributed by atoms with Crippen LogP contribution in [0, 0.1) is 13.8 Å². The molecule has 0 radical (unpaired) electrons. The maximum absolute atomic E-state index is 13.6. The molecule has 0 unspecified atom stereocenters. The van der Waals surface area contributed by atoms with Crippen LogP contribution in [0.5, 0.6) is 17.2 Å². The number of hydrogen-bond donors (Lipinski definition) is 0. The third-order valence-electron chi connectivity index (χ3n) is 5.31. The highest BCUT2D eigenvalue weighted by atomic mass is 35.5. The maximum atomic E-state index is 13.6. The molecule has 3 aromatic carbocycles. The number of fused-ring (bicyclic) bond motifs is 1. The van der Waals surface area contributed by atoms with Crippen LogP contribution in [-0.2, 0) is 6.61 Å². The largest absolute Gasteiger partial charge is 0.493 e. The van der Waals surface area contributed by atoms with Gasteiger partial charge in [0, 0.05) is 21.2 Å². The van der Waals surface area contributed by atoms with Crippen LogP contribution in [0.15, 0.2) is 57.7 Å². The van der Waals surface area contributed by atoms with Crippen LogP contribution >= 0.6 is 23.2 Å². The molecule has 7 heteroatoms. The van der Waals surface area contributed by atoms with Gasteiger partial charge < -0.3 is 18.6 Å².